The van der Waals surface area contributed by atoms with Gasteiger partial charge < -0.3 is 5.73 Å². The fraction of sp³-hybridized carbons (Fsp3) is 0.538. The first-order chi connectivity index (χ1) is 6.85. The summed E-state index contributed by atoms with van der Waals surface area (Å²) in [5, 5.41) is 0. The van der Waals surface area contributed by atoms with Crippen molar-refractivity contribution in [2.75, 3.05) is 6.54 Å². The van der Waals surface area contributed by atoms with Gasteiger partial charge in [0.25, 0.3) is 0 Å². The van der Waals surface area contributed by atoms with Crippen molar-refractivity contribution >= 4 is 0 Å². The molecule has 0 spiro atoms. The van der Waals surface area contributed by atoms with E-state index in [1.54, 1.807) is 11.1 Å². The average Bonchev–Trinajstić information content (AvgIpc) is 2.61. The predicted octanol–water partition coefficient (Wildman–Crippen LogP) is 2.63. The molecule has 1 aromatic rings. The van der Waals surface area contributed by atoms with Gasteiger partial charge in [0.2, 0.25) is 0 Å². The van der Waals surface area contributed by atoms with Gasteiger partial charge in [-0.3, -0.25) is 0 Å². The molecule has 0 amide bonds. The van der Waals surface area contributed by atoms with E-state index in [1.165, 1.54) is 18.4 Å². The minimum atomic E-state index is 0.737. The molecule has 76 valence electrons. The summed E-state index contributed by atoms with van der Waals surface area (Å²) in [7, 11) is 0. The standard InChI is InChI=1S/C13H19N/c1-2-10-3-4-11-5-6-12(7-8-14)13(11)9-10/h3-4,9,12H,2,5-8,14H2,1H3. The first-order valence-corrected chi connectivity index (χ1v) is 5.67. The van der Waals surface area contributed by atoms with Gasteiger partial charge in [0, 0.05) is 0 Å². The number of aryl methyl sites for hydroxylation is 2. The largest absolute Gasteiger partial charge is 0.330 e. The van der Waals surface area contributed by atoms with E-state index in [0.717, 1.165) is 25.3 Å². The van der Waals surface area contributed by atoms with Gasteiger partial charge in [-0.15, -0.1) is 0 Å². The lowest BCUT2D eigenvalue weighted by molar-refractivity contribution is 0.627. The quantitative estimate of drug-likeness (QED) is 0.777. The summed E-state index contributed by atoms with van der Waals surface area (Å²) in [5.41, 5.74) is 10.2. The molecule has 1 heteroatoms. The van der Waals surface area contributed by atoms with Crippen LogP contribution in [0.3, 0.4) is 0 Å². The molecule has 2 rings (SSSR count). The van der Waals surface area contributed by atoms with Crippen molar-refractivity contribution in [2.45, 2.75) is 38.5 Å². The van der Waals surface area contributed by atoms with Crippen molar-refractivity contribution in [2.24, 2.45) is 5.73 Å². The van der Waals surface area contributed by atoms with Gasteiger partial charge >= 0.3 is 0 Å². The lowest BCUT2D eigenvalue weighted by atomic mass is 9.96. The first kappa shape index (κ1) is 9.72. The van der Waals surface area contributed by atoms with Crippen LogP contribution in [0.1, 0.15) is 42.4 Å². The highest BCUT2D eigenvalue weighted by Crippen LogP contribution is 2.35. The number of fused-ring (bicyclic) bond motifs is 1. The fourth-order valence-electron chi connectivity index (χ4n) is 2.46. The predicted molar refractivity (Wildman–Crippen MR) is 60.6 cm³/mol. The number of hydrogen-bond acceptors (Lipinski definition) is 1. The van der Waals surface area contributed by atoms with Gasteiger partial charge in [0.15, 0.2) is 0 Å². The second-order valence-corrected chi connectivity index (χ2v) is 4.20. The van der Waals surface area contributed by atoms with Gasteiger partial charge in [0.1, 0.15) is 0 Å². The molecule has 0 aromatic heterocycles. The Morgan fingerprint density at radius 3 is 3.00 bits per heavy atom. The van der Waals surface area contributed by atoms with Crippen molar-refractivity contribution in [1.82, 2.24) is 0 Å². The highest BCUT2D eigenvalue weighted by molar-refractivity contribution is 5.38. The van der Waals surface area contributed by atoms with Gasteiger partial charge in [-0.1, -0.05) is 25.1 Å². The molecule has 1 atom stereocenters. The lowest BCUT2D eigenvalue weighted by Crippen LogP contribution is -2.05. The van der Waals surface area contributed by atoms with E-state index in [4.69, 9.17) is 5.73 Å². The van der Waals surface area contributed by atoms with Crippen molar-refractivity contribution in [1.29, 1.82) is 0 Å². The Bertz CT molecular complexity index is 315. The average molecular weight is 189 g/mol. The van der Waals surface area contributed by atoms with E-state index in [2.05, 4.69) is 25.1 Å². The van der Waals surface area contributed by atoms with Crippen LogP contribution >= 0.6 is 0 Å². The summed E-state index contributed by atoms with van der Waals surface area (Å²) in [6.07, 6.45) is 4.85. The topological polar surface area (TPSA) is 26.0 Å². The van der Waals surface area contributed by atoms with Crippen LogP contribution in [-0.4, -0.2) is 6.54 Å². The normalized spacial score (nSPS) is 19.7. The van der Waals surface area contributed by atoms with Gasteiger partial charge in [0.05, 0.1) is 0 Å². The molecule has 0 heterocycles. The molecular weight excluding hydrogens is 170 g/mol. The molecule has 0 saturated heterocycles. The fourth-order valence-corrected chi connectivity index (χ4v) is 2.46. The maximum absolute atomic E-state index is 5.64. The molecule has 1 aliphatic carbocycles. The van der Waals surface area contributed by atoms with Crippen LogP contribution in [0.25, 0.3) is 0 Å². The maximum atomic E-state index is 5.64. The van der Waals surface area contributed by atoms with Crippen LogP contribution in [0.5, 0.6) is 0 Å². The number of benzene rings is 1. The minimum Gasteiger partial charge on any atom is -0.330 e. The summed E-state index contributed by atoms with van der Waals surface area (Å²) in [4.78, 5) is 0. The van der Waals surface area contributed by atoms with E-state index < -0.39 is 0 Å². The van der Waals surface area contributed by atoms with E-state index >= 15 is 0 Å². The zero-order valence-corrected chi connectivity index (χ0v) is 8.92. The second kappa shape index (κ2) is 4.14. The Morgan fingerprint density at radius 2 is 2.29 bits per heavy atom. The molecule has 2 N–H and O–H groups in total. The maximum Gasteiger partial charge on any atom is -0.00714 e. The highest BCUT2D eigenvalue weighted by Gasteiger charge is 2.21. The zero-order chi connectivity index (χ0) is 9.97. The van der Waals surface area contributed by atoms with Crippen LogP contribution in [0.15, 0.2) is 18.2 Å². The molecule has 14 heavy (non-hydrogen) atoms. The van der Waals surface area contributed by atoms with Crippen LogP contribution < -0.4 is 5.73 Å². The van der Waals surface area contributed by atoms with E-state index in [-0.39, 0.29) is 0 Å². The summed E-state index contributed by atoms with van der Waals surface area (Å²) >= 11 is 0. The lowest BCUT2D eigenvalue weighted by Gasteiger charge is -2.10. The van der Waals surface area contributed by atoms with Crippen LogP contribution in [0.4, 0.5) is 0 Å². The molecular formula is C13H19N. The third-order valence-electron chi connectivity index (χ3n) is 3.34. The van der Waals surface area contributed by atoms with Crippen molar-refractivity contribution in [3.63, 3.8) is 0 Å². The monoisotopic (exact) mass is 189 g/mol. The van der Waals surface area contributed by atoms with Gasteiger partial charge in [-0.05, 0) is 54.8 Å². The van der Waals surface area contributed by atoms with E-state index in [0.29, 0.717) is 0 Å². The molecule has 0 aliphatic heterocycles. The SMILES string of the molecule is CCc1ccc2c(c1)C(CCN)CC2. The summed E-state index contributed by atoms with van der Waals surface area (Å²) in [6, 6.07) is 6.97. The van der Waals surface area contributed by atoms with Crippen LogP contribution in [0.2, 0.25) is 0 Å². The van der Waals surface area contributed by atoms with E-state index in [1.807, 2.05) is 0 Å². The minimum absolute atomic E-state index is 0.737. The van der Waals surface area contributed by atoms with E-state index in [9.17, 15) is 0 Å². The molecule has 1 aliphatic rings. The molecule has 0 bridgehead atoms. The molecule has 0 radical (unpaired) electrons. The Balaban J connectivity index is 2.27. The summed E-state index contributed by atoms with van der Waals surface area (Å²) < 4.78 is 0. The van der Waals surface area contributed by atoms with Crippen LogP contribution in [-0.2, 0) is 12.8 Å². The highest BCUT2D eigenvalue weighted by atomic mass is 14.5. The smallest absolute Gasteiger partial charge is 0.00714 e. The van der Waals surface area contributed by atoms with Crippen molar-refractivity contribution in [3.8, 4) is 0 Å². The second-order valence-electron chi connectivity index (χ2n) is 4.20. The number of rotatable bonds is 3. The van der Waals surface area contributed by atoms with Gasteiger partial charge in [-0.2, -0.15) is 0 Å². The molecule has 0 fully saturated rings. The van der Waals surface area contributed by atoms with Gasteiger partial charge in [-0.25, -0.2) is 0 Å². The Labute approximate surface area is 86.3 Å². The molecule has 0 saturated carbocycles. The number of hydrogen-bond donors (Lipinski definition) is 1. The Hall–Kier alpha value is -0.820. The van der Waals surface area contributed by atoms with Crippen molar-refractivity contribution < 1.29 is 0 Å². The Morgan fingerprint density at radius 1 is 1.43 bits per heavy atom. The number of nitrogens with two attached hydrogens (primary N) is 1. The molecule has 1 nitrogen and oxygen atoms in total. The van der Waals surface area contributed by atoms with Crippen LogP contribution in [0, 0.1) is 0 Å². The Kier molecular flexibility index (Phi) is 2.87. The zero-order valence-electron chi connectivity index (χ0n) is 8.92. The van der Waals surface area contributed by atoms with Crippen molar-refractivity contribution in [3.05, 3.63) is 34.9 Å². The molecule has 1 aromatic carbocycles. The molecule has 1 unspecified atom stereocenters. The third kappa shape index (κ3) is 1.69. The summed E-state index contributed by atoms with van der Waals surface area (Å²) in [5.74, 6) is 0.737. The third-order valence-corrected chi connectivity index (χ3v) is 3.34. The summed E-state index contributed by atoms with van der Waals surface area (Å²) in [6.45, 7) is 3.04. The first-order valence-electron chi connectivity index (χ1n) is 5.67.